The molecule has 0 saturated heterocycles. The van der Waals surface area contributed by atoms with E-state index < -0.39 is 0 Å². The lowest BCUT2D eigenvalue weighted by molar-refractivity contribution is -0.116. The number of amides is 1. The molecule has 156 valence electrons. The van der Waals surface area contributed by atoms with Crippen LogP contribution in [0.4, 0.5) is 0 Å². The number of hydrogen-bond acceptors (Lipinski definition) is 5. The van der Waals surface area contributed by atoms with E-state index >= 15 is 0 Å². The van der Waals surface area contributed by atoms with Crippen LogP contribution in [0.1, 0.15) is 45.2 Å². The molecule has 0 atom stereocenters. The highest BCUT2D eigenvalue weighted by atomic mass is 16.6. The van der Waals surface area contributed by atoms with E-state index in [0.717, 1.165) is 45.9 Å². The highest BCUT2D eigenvalue weighted by molar-refractivity contribution is 5.98. The fraction of sp³-hybridized carbons (Fsp3) is 0.292. The Labute approximate surface area is 177 Å². The molecule has 0 aliphatic carbocycles. The molecule has 6 nitrogen and oxygen atoms in total. The van der Waals surface area contributed by atoms with Crippen LogP contribution < -0.4 is 10.6 Å². The highest BCUT2D eigenvalue weighted by Crippen LogP contribution is 2.22. The minimum Gasteiger partial charge on any atom is -0.390 e. The SMILES string of the molecule is C=C(NC1=CC(=O)NCC1)c1ccnc(-c2ccc(/C(C)=N\OC(C)(C)C)cc2)c1. The number of oxime groups is 1. The Hall–Kier alpha value is -3.41. The molecule has 1 aromatic heterocycles. The first-order valence-electron chi connectivity index (χ1n) is 9.95. The van der Waals surface area contributed by atoms with Crippen LogP contribution in [-0.2, 0) is 9.63 Å². The maximum Gasteiger partial charge on any atom is 0.245 e. The van der Waals surface area contributed by atoms with Gasteiger partial charge in [-0.2, -0.15) is 0 Å². The van der Waals surface area contributed by atoms with E-state index in [9.17, 15) is 4.79 Å². The van der Waals surface area contributed by atoms with Crippen LogP contribution in [0.5, 0.6) is 0 Å². The van der Waals surface area contributed by atoms with E-state index in [4.69, 9.17) is 4.84 Å². The summed E-state index contributed by atoms with van der Waals surface area (Å²) in [6.45, 7) is 12.6. The summed E-state index contributed by atoms with van der Waals surface area (Å²) in [6, 6.07) is 11.9. The molecule has 0 radical (unpaired) electrons. The van der Waals surface area contributed by atoms with Crippen molar-refractivity contribution < 1.29 is 9.63 Å². The monoisotopic (exact) mass is 404 g/mol. The average molecular weight is 405 g/mol. The van der Waals surface area contributed by atoms with Crippen LogP contribution in [0.15, 0.2) is 66.1 Å². The molecule has 6 heteroatoms. The molecule has 0 spiro atoms. The number of carbonyl (C=O) groups excluding carboxylic acids is 1. The summed E-state index contributed by atoms with van der Waals surface area (Å²) in [5.41, 5.74) is 5.85. The van der Waals surface area contributed by atoms with Crippen molar-refractivity contribution in [1.29, 1.82) is 0 Å². The van der Waals surface area contributed by atoms with E-state index in [2.05, 4.69) is 27.4 Å². The third-order valence-electron chi connectivity index (χ3n) is 4.47. The van der Waals surface area contributed by atoms with Gasteiger partial charge < -0.3 is 15.5 Å². The second-order valence-corrected chi connectivity index (χ2v) is 8.20. The zero-order valence-corrected chi connectivity index (χ0v) is 18.0. The van der Waals surface area contributed by atoms with Crippen LogP contribution in [-0.4, -0.2) is 28.7 Å². The first-order valence-corrected chi connectivity index (χ1v) is 9.95. The van der Waals surface area contributed by atoms with Crippen LogP contribution in [0, 0.1) is 0 Å². The van der Waals surface area contributed by atoms with E-state index in [0.29, 0.717) is 6.54 Å². The molecule has 3 rings (SSSR count). The summed E-state index contributed by atoms with van der Waals surface area (Å²) in [5.74, 6) is -0.0845. The van der Waals surface area contributed by atoms with Crippen LogP contribution in [0.2, 0.25) is 0 Å². The normalized spacial score (nSPS) is 14.6. The Morgan fingerprint density at radius 3 is 2.60 bits per heavy atom. The maximum absolute atomic E-state index is 11.5. The lowest BCUT2D eigenvalue weighted by atomic mass is 10.0. The smallest absolute Gasteiger partial charge is 0.245 e. The molecule has 1 aromatic carbocycles. The molecule has 1 aliphatic heterocycles. The fourth-order valence-electron chi connectivity index (χ4n) is 2.88. The van der Waals surface area contributed by atoms with Gasteiger partial charge in [-0.3, -0.25) is 9.78 Å². The lowest BCUT2D eigenvalue weighted by Crippen LogP contribution is -2.30. The zero-order chi connectivity index (χ0) is 21.7. The maximum atomic E-state index is 11.5. The average Bonchev–Trinajstić information content (AvgIpc) is 2.72. The topological polar surface area (TPSA) is 75.6 Å². The van der Waals surface area contributed by atoms with Crippen molar-refractivity contribution in [3.05, 3.63) is 72.1 Å². The Bertz CT molecular complexity index is 999. The minimum absolute atomic E-state index is 0.0845. The number of aromatic nitrogens is 1. The Balaban J connectivity index is 1.74. The number of hydrogen-bond donors (Lipinski definition) is 2. The van der Waals surface area contributed by atoms with Gasteiger partial charge in [0.1, 0.15) is 5.60 Å². The van der Waals surface area contributed by atoms with E-state index in [1.165, 1.54) is 0 Å². The second kappa shape index (κ2) is 8.95. The van der Waals surface area contributed by atoms with Crippen molar-refractivity contribution in [2.75, 3.05) is 6.54 Å². The van der Waals surface area contributed by atoms with Gasteiger partial charge in [-0.05, 0) is 45.4 Å². The number of nitrogens with one attached hydrogen (secondary N) is 2. The summed E-state index contributed by atoms with van der Waals surface area (Å²) in [7, 11) is 0. The van der Waals surface area contributed by atoms with Crippen LogP contribution in [0.25, 0.3) is 17.0 Å². The molecule has 2 aromatic rings. The summed E-state index contributed by atoms with van der Waals surface area (Å²) >= 11 is 0. The molecule has 1 amide bonds. The van der Waals surface area contributed by atoms with E-state index in [1.807, 2.05) is 64.1 Å². The summed E-state index contributed by atoms with van der Waals surface area (Å²) in [6.07, 6.45) is 4.09. The highest BCUT2D eigenvalue weighted by Gasteiger charge is 2.12. The Morgan fingerprint density at radius 2 is 1.93 bits per heavy atom. The molecule has 2 heterocycles. The Kier molecular flexibility index (Phi) is 6.35. The van der Waals surface area contributed by atoms with Crippen molar-refractivity contribution in [3.63, 3.8) is 0 Å². The van der Waals surface area contributed by atoms with Crippen molar-refractivity contribution in [2.45, 2.75) is 39.7 Å². The number of nitrogens with zero attached hydrogens (tertiary/aromatic N) is 2. The molecular weight excluding hydrogens is 376 g/mol. The number of benzene rings is 1. The number of rotatable bonds is 6. The second-order valence-electron chi connectivity index (χ2n) is 8.20. The van der Waals surface area contributed by atoms with Gasteiger partial charge in [0, 0.05) is 47.8 Å². The predicted molar refractivity (Wildman–Crippen MR) is 121 cm³/mol. The Morgan fingerprint density at radius 1 is 1.20 bits per heavy atom. The minimum atomic E-state index is -0.320. The van der Waals surface area contributed by atoms with Crippen molar-refractivity contribution in [2.24, 2.45) is 5.16 Å². The first kappa shape index (κ1) is 21.3. The van der Waals surface area contributed by atoms with Gasteiger partial charge in [-0.15, -0.1) is 0 Å². The molecule has 0 unspecified atom stereocenters. The summed E-state index contributed by atoms with van der Waals surface area (Å²) in [4.78, 5) is 21.5. The summed E-state index contributed by atoms with van der Waals surface area (Å²) in [5, 5.41) is 10.2. The molecule has 0 fully saturated rings. The van der Waals surface area contributed by atoms with Gasteiger partial charge >= 0.3 is 0 Å². The number of carbonyl (C=O) groups is 1. The number of pyridine rings is 1. The molecule has 1 aliphatic rings. The van der Waals surface area contributed by atoms with Gasteiger partial charge in [-0.25, -0.2) is 0 Å². The molecule has 2 N–H and O–H groups in total. The van der Waals surface area contributed by atoms with Crippen molar-refractivity contribution >= 4 is 17.3 Å². The van der Waals surface area contributed by atoms with Gasteiger partial charge in [0.15, 0.2) is 0 Å². The quantitative estimate of drug-likeness (QED) is 0.557. The van der Waals surface area contributed by atoms with E-state index in [-0.39, 0.29) is 11.5 Å². The zero-order valence-electron chi connectivity index (χ0n) is 18.0. The predicted octanol–water partition coefficient (Wildman–Crippen LogP) is 4.25. The third kappa shape index (κ3) is 5.80. The van der Waals surface area contributed by atoms with Crippen LogP contribution in [0.3, 0.4) is 0 Å². The fourth-order valence-corrected chi connectivity index (χ4v) is 2.88. The lowest BCUT2D eigenvalue weighted by Gasteiger charge is -2.17. The van der Waals surface area contributed by atoms with E-state index in [1.54, 1.807) is 12.3 Å². The molecule has 0 saturated carbocycles. The first-order chi connectivity index (χ1) is 14.2. The van der Waals surface area contributed by atoms with Gasteiger partial charge in [0.05, 0.1) is 11.4 Å². The standard InChI is InChI=1S/C24H28N4O2/c1-16(27-21-11-13-26-23(29)15-21)20-10-12-25-22(14-20)19-8-6-18(7-9-19)17(2)28-30-24(3,4)5/h6-10,12,14-15,27H,1,11,13H2,2-5H3,(H,26,29)/b28-17-. The van der Waals surface area contributed by atoms with Gasteiger partial charge in [0.25, 0.3) is 0 Å². The van der Waals surface area contributed by atoms with Crippen molar-refractivity contribution in [3.8, 4) is 11.3 Å². The molecule has 30 heavy (non-hydrogen) atoms. The van der Waals surface area contributed by atoms with Crippen molar-refractivity contribution in [1.82, 2.24) is 15.6 Å². The van der Waals surface area contributed by atoms with Gasteiger partial charge in [-0.1, -0.05) is 36.0 Å². The third-order valence-corrected chi connectivity index (χ3v) is 4.47. The largest absolute Gasteiger partial charge is 0.390 e. The molecule has 0 bridgehead atoms. The molecular formula is C24H28N4O2. The summed E-state index contributed by atoms with van der Waals surface area (Å²) < 4.78 is 0. The van der Waals surface area contributed by atoms with Crippen LogP contribution >= 0.6 is 0 Å². The van der Waals surface area contributed by atoms with Gasteiger partial charge in [0.2, 0.25) is 5.91 Å².